The summed E-state index contributed by atoms with van der Waals surface area (Å²) in [6.45, 7) is 1.24. The monoisotopic (exact) mass is 459 g/mol. The molecule has 0 fully saturated rings. The average molecular weight is 461 g/mol. The summed E-state index contributed by atoms with van der Waals surface area (Å²) >= 11 is 18.2. The number of nitrogens with one attached hydrogen (secondary N) is 1. The Balaban J connectivity index is 0.00000280. The Morgan fingerprint density at radius 3 is 2.50 bits per heavy atom. The number of carboxylic acid groups (broad SMARTS) is 1. The molecule has 0 saturated heterocycles. The number of carbonyl (C=O) groups is 1. The van der Waals surface area contributed by atoms with Gasteiger partial charge in [0.1, 0.15) is 11.5 Å². The third-order valence-electron chi connectivity index (χ3n) is 4.03. The smallest absolute Gasteiger partial charge is 0.335 e. The number of hydrogen-bond donors (Lipinski definition) is 2. The Kier molecular flexibility index (Phi) is 8.23. The van der Waals surface area contributed by atoms with Crippen LogP contribution in [0, 0.1) is 0 Å². The summed E-state index contributed by atoms with van der Waals surface area (Å²) in [4.78, 5) is 11.1. The second-order valence-electron chi connectivity index (χ2n) is 5.93. The van der Waals surface area contributed by atoms with Crippen molar-refractivity contribution in [3.05, 3.63) is 80.5 Å². The molecular formula is C20H17Cl4NO3. The van der Waals surface area contributed by atoms with Crippen LogP contribution in [0.1, 0.15) is 21.7 Å². The van der Waals surface area contributed by atoms with Gasteiger partial charge < -0.3 is 14.8 Å². The van der Waals surface area contributed by atoms with E-state index in [9.17, 15) is 4.79 Å². The van der Waals surface area contributed by atoms with Crippen LogP contribution >= 0.6 is 47.2 Å². The molecule has 0 amide bonds. The molecule has 0 aliphatic rings. The summed E-state index contributed by atoms with van der Waals surface area (Å²) < 4.78 is 5.79. The molecule has 0 bridgehead atoms. The van der Waals surface area contributed by atoms with Crippen molar-refractivity contribution in [2.75, 3.05) is 6.54 Å². The van der Waals surface area contributed by atoms with Crippen LogP contribution in [0.4, 0.5) is 0 Å². The fourth-order valence-corrected chi connectivity index (χ4v) is 3.34. The van der Waals surface area contributed by atoms with Gasteiger partial charge in [0.2, 0.25) is 0 Å². The lowest BCUT2D eigenvalue weighted by molar-refractivity contribution is 0.0697. The summed E-state index contributed by atoms with van der Waals surface area (Å²) in [5.74, 6) is 0.242. The first-order valence-electron chi connectivity index (χ1n) is 8.20. The minimum atomic E-state index is -1.01. The van der Waals surface area contributed by atoms with Crippen LogP contribution in [-0.4, -0.2) is 17.6 Å². The first-order chi connectivity index (χ1) is 12.9. The van der Waals surface area contributed by atoms with Crippen molar-refractivity contribution in [3.63, 3.8) is 0 Å². The lowest BCUT2D eigenvalue weighted by Gasteiger charge is -2.06. The Morgan fingerprint density at radius 1 is 1.00 bits per heavy atom. The van der Waals surface area contributed by atoms with Crippen LogP contribution in [0.25, 0.3) is 11.3 Å². The van der Waals surface area contributed by atoms with E-state index < -0.39 is 5.97 Å². The molecule has 2 N–H and O–H groups in total. The number of carboxylic acids is 1. The first kappa shape index (κ1) is 22.6. The minimum absolute atomic E-state index is 0. The Bertz CT molecular complexity index is 972. The quantitative estimate of drug-likeness (QED) is 0.402. The van der Waals surface area contributed by atoms with Gasteiger partial charge in [-0.25, -0.2) is 4.79 Å². The van der Waals surface area contributed by atoms with Crippen molar-refractivity contribution in [1.82, 2.24) is 5.32 Å². The van der Waals surface area contributed by atoms with Crippen LogP contribution < -0.4 is 5.32 Å². The fraction of sp³-hybridized carbons (Fsp3) is 0.150. The van der Waals surface area contributed by atoms with E-state index in [1.807, 2.05) is 18.2 Å². The second kappa shape index (κ2) is 10.2. The number of rotatable bonds is 7. The number of halogens is 4. The van der Waals surface area contributed by atoms with Crippen LogP contribution in [0.5, 0.6) is 0 Å². The zero-order valence-corrected chi connectivity index (χ0v) is 17.6. The molecule has 2 aromatic carbocycles. The molecule has 3 rings (SSSR count). The van der Waals surface area contributed by atoms with Crippen molar-refractivity contribution in [1.29, 1.82) is 0 Å². The van der Waals surface area contributed by atoms with E-state index in [4.69, 9.17) is 44.3 Å². The highest BCUT2D eigenvalue weighted by atomic mass is 35.5. The molecule has 0 spiro atoms. The van der Waals surface area contributed by atoms with Crippen molar-refractivity contribution in [3.8, 4) is 11.3 Å². The first-order valence-corrected chi connectivity index (χ1v) is 9.34. The highest BCUT2D eigenvalue weighted by molar-refractivity contribution is 6.35. The van der Waals surface area contributed by atoms with Gasteiger partial charge in [0.25, 0.3) is 0 Å². The minimum Gasteiger partial charge on any atom is -0.478 e. The topological polar surface area (TPSA) is 62.5 Å². The van der Waals surface area contributed by atoms with Gasteiger partial charge in [-0.3, -0.25) is 0 Å². The maximum atomic E-state index is 11.1. The summed E-state index contributed by atoms with van der Waals surface area (Å²) in [5, 5.41) is 14.1. The molecule has 0 aliphatic carbocycles. The molecule has 3 aromatic rings. The van der Waals surface area contributed by atoms with Gasteiger partial charge in [0, 0.05) is 15.6 Å². The van der Waals surface area contributed by atoms with Gasteiger partial charge in [-0.05, 0) is 61.0 Å². The van der Waals surface area contributed by atoms with Crippen LogP contribution in [0.15, 0.2) is 52.9 Å². The lowest BCUT2D eigenvalue weighted by Crippen LogP contribution is -2.16. The molecule has 0 atom stereocenters. The molecule has 28 heavy (non-hydrogen) atoms. The van der Waals surface area contributed by atoms with Gasteiger partial charge in [-0.1, -0.05) is 40.9 Å². The summed E-state index contributed by atoms with van der Waals surface area (Å²) in [6.07, 6.45) is 0.760. The van der Waals surface area contributed by atoms with E-state index in [1.165, 1.54) is 12.1 Å². The number of benzene rings is 2. The van der Waals surface area contributed by atoms with Crippen molar-refractivity contribution >= 4 is 53.2 Å². The molecule has 8 heteroatoms. The van der Waals surface area contributed by atoms with Gasteiger partial charge in [-0.15, -0.1) is 12.4 Å². The number of hydrogen-bond acceptors (Lipinski definition) is 3. The zero-order valence-electron chi connectivity index (χ0n) is 14.5. The van der Waals surface area contributed by atoms with Crippen LogP contribution in [0.3, 0.4) is 0 Å². The number of aromatic carboxylic acids is 1. The van der Waals surface area contributed by atoms with E-state index in [-0.39, 0.29) is 18.0 Å². The molecule has 1 heterocycles. The van der Waals surface area contributed by atoms with Crippen molar-refractivity contribution < 1.29 is 14.3 Å². The maximum absolute atomic E-state index is 11.1. The average Bonchev–Trinajstić information content (AvgIpc) is 3.09. The van der Waals surface area contributed by atoms with Gasteiger partial charge in [-0.2, -0.15) is 0 Å². The van der Waals surface area contributed by atoms with Crippen molar-refractivity contribution in [2.45, 2.75) is 13.0 Å². The predicted octanol–water partition coefficient (Wildman–Crippen LogP) is 6.36. The molecule has 0 saturated carbocycles. The molecule has 4 nitrogen and oxygen atoms in total. The molecule has 1 aromatic heterocycles. The van der Waals surface area contributed by atoms with E-state index in [2.05, 4.69) is 5.32 Å². The Labute approximate surface area is 183 Å². The SMILES string of the molecule is Cl.O=C(O)c1ccc(Cl)c(-c2ccc(CNCCc3ccc(Cl)cc3Cl)o2)c1. The molecule has 0 unspecified atom stereocenters. The maximum Gasteiger partial charge on any atom is 0.335 e. The molecule has 148 valence electrons. The van der Waals surface area contributed by atoms with Gasteiger partial charge >= 0.3 is 5.97 Å². The van der Waals surface area contributed by atoms with Gasteiger partial charge in [0.05, 0.1) is 17.1 Å². The van der Waals surface area contributed by atoms with Gasteiger partial charge in [0.15, 0.2) is 0 Å². The number of furan rings is 1. The van der Waals surface area contributed by atoms with Crippen LogP contribution in [0.2, 0.25) is 15.1 Å². The summed E-state index contributed by atoms with van der Waals surface area (Å²) in [5.41, 5.74) is 1.73. The predicted molar refractivity (Wildman–Crippen MR) is 115 cm³/mol. The second-order valence-corrected chi connectivity index (χ2v) is 7.18. The van der Waals surface area contributed by atoms with E-state index in [0.717, 1.165) is 17.7 Å². The standard InChI is InChI=1S/C20H16Cl3NO3.ClH/c21-14-3-1-12(18(23)10-14)7-8-24-11-15-4-6-19(27-15)16-9-13(20(25)26)2-5-17(16)22;/h1-6,9-10,24H,7-8,11H2,(H,25,26);1H. The van der Waals surface area contributed by atoms with E-state index in [0.29, 0.717) is 39.5 Å². The summed E-state index contributed by atoms with van der Waals surface area (Å²) in [7, 11) is 0. The van der Waals surface area contributed by atoms with E-state index >= 15 is 0 Å². The molecule has 0 aliphatic heterocycles. The lowest BCUT2D eigenvalue weighted by atomic mass is 10.1. The zero-order chi connectivity index (χ0) is 19.4. The Hall–Kier alpha value is -1.69. The highest BCUT2D eigenvalue weighted by Gasteiger charge is 2.12. The molecular weight excluding hydrogens is 444 g/mol. The summed E-state index contributed by atoms with van der Waals surface area (Å²) in [6, 6.07) is 13.6. The molecule has 0 radical (unpaired) electrons. The third-order valence-corrected chi connectivity index (χ3v) is 4.94. The normalized spacial score (nSPS) is 10.5. The third kappa shape index (κ3) is 5.66. The van der Waals surface area contributed by atoms with E-state index in [1.54, 1.807) is 18.2 Å². The largest absolute Gasteiger partial charge is 0.478 e. The van der Waals surface area contributed by atoms with Crippen LogP contribution in [-0.2, 0) is 13.0 Å². The fourth-order valence-electron chi connectivity index (χ4n) is 2.62. The van der Waals surface area contributed by atoms with Crippen molar-refractivity contribution in [2.24, 2.45) is 0 Å². The highest BCUT2D eigenvalue weighted by Crippen LogP contribution is 2.30. The Morgan fingerprint density at radius 2 is 1.79 bits per heavy atom.